The smallest absolute Gasteiger partial charge is 0.343 e. The molecule has 1 saturated heterocycles. The van der Waals surface area contributed by atoms with E-state index in [9.17, 15) is 19.2 Å². The first-order valence-electron chi connectivity index (χ1n) is 10.7. The third kappa shape index (κ3) is 5.40. The molecule has 0 radical (unpaired) electrons. The Hall–Kier alpha value is -4.14. The first-order valence-corrected chi connectivity index (χ1v) is 11.4. The summed E-state index contributed by atoms with van der Waals surface area (Å²) in [5.41, 5.74) is 0.691. The van der Waals surface area contributed by atoms with Gasteiger partial charge < -0.3 is 9.47 Å². The van der Waals surface area contributed by atoms with E-state index in [0.29, 0.717) is 21.2 Å². The number of ether oxygens (including phenoxy) is 2. The van der Waals surface area contributed by atoms with Crippen LogP contribution in [-0.2, 0) is 9.59 Å². The molecule has 36 heavy (non-hydrogen) atoms. The normalized spacial score (nSPS) is 14.6. The summed E-state index contributed by atoms with van der Waals surface area (Å²) >= 11 is 11.8. The van der Waals surface area contributed by atoms with Crippen LogP contribution in [0.5, 0.6) is 11.5 Å². The topological polar surface area (TPSA) is 102 Å². The molecule has 0 aromatic heterocycles. The Bertz CT molecular complexity index is 1380. The predicted octanol–water partition coefficient (Wildman–Crippen LogP) is 5.28. The SMILES string of the molecule is CCOc1cc(/C=C2\C(=O)NC(=O)N(c3ccc(Cl)cc3)C2=O)ccc1OC(=O)c1ccc(Cl)cc1. The number of carbonyl (C=O) groups is 4. The number of esters is 1. The number of halogens is 2. The van der Waals surface area contributed by atoms with Crippen molar-refractivity contribution < 1.29 is 28.7 Å². The monoisotopic (exact) mass is 524 g/mol. The lowest BCUT2D eigenvalue weighted by Crippen LogP contribution is -2.54. The van der Waals surface area contributed by atoms with Gasteiger partial charge in [0.25, 0.3) is 11.8 Å². The Kier molecular flexibility index (Phi) is 7.38. The predicted molar refractivity (Wildman–Crippen MR) is 134 cm³/mol. The van der Waals surface area contributed by atoms with Crippen LogP contribution in [0.1, 0.15) is 22.8 Å². The second-order valence-corrected chi connectivity index (χ2v) is 8.34. The van der Waals surface area contributed by atoms with Crippen LogP contribution in [0.2, 0.25) is 10.0 Å². The van der Waals surface area contributed by atoms with Gasteiger partial charge in [-0.25, -0.2) is 14.5 Å². The molecule has 8 nitrogen and oxygen atoms in total. The summed E-state index contributed by atoms with van der Waals surface area (Å²) in [4.78, 5) is 51.3. The molecule has 1 N–H and O–H groups in total. The van der Waals surface area contributed by atoms with Gasteiger partial charge >= 0.3 is 12.0 Å². The van der Waals surface area contributed by atoms with Gasteiger partial charge in [-0.15, -0.1) is 0 Å². The molecule has 0 unspecified atom stereocenters. The number of barbiturate groups is 1. The van der Waals surface area contributed by atoms with Gasteiger partial charge in [-0.1, -0.05) is 29.3 Å². The molecule has 1 aliphatic rings. The van der Waals surface area contributed by atoms with Gasteiger partial charge in [-0.2, -0.15) is 0 Å². The number of urea groups is 1. The Labute approximate surface area is 216 Å². The maximum atomic E-state index is 13.1. The van der Waals surface area contributed by atoms with Gasteiger partial charge in [0.1, 0.15) is 5.57 Å². The summed E-state index contributed by atoms with van der Waals surface area (Å²) in [5, 5.41) is 3.07. The Morgan fingerprint density at radius 3 is 2.19 bits per heavy atom. The van der Waals surface area contributed by atoms with E-state index in [1.807, 2.05) is 0 Å². The van der Waals surface area contributed by atoms with Crippen molar-refractivity contribution in [1.82, 2.24) is 5.32 Å². The summed E-state index contributed by atoms with van der Waals surface area (Å²) in [5.74, 6) is -1.88. The number of carbonyl (C=O) groups excluding carboxylic acids is 4. The van der Waals surface area contributed by atoms with Crippen LogP contribution in [0.4, 0.5) is 10.5 Å². The number of benzene rings is 3. The van der Waals surface area contributed by atoms with Gasteiger partial charge in [0.05, 0.1) is 17.9 Å². The van der Waals surface area contributed by atoms with Gasteiger partial charge in [-0.05, 0) is 79.2 Å². The highest BCUT2D eigenvalue weighted by molar-refractivity contribution is 6.39. The number of amides is 4. The number of anilines is 1. The maximum Gasteiger partial charge on any atom is 0.343 e. The lowest BCUT2D eigenvalue weighted by atomic mass is 10.1. The summed E-state index contributed by atoms with van der Waals surface area (Å²) in [6.07, 6.45) is 1.32. The molecule has 0 spiro atoms. The third-order valence-corrected chi connectivity index (χ3v) is 5.55. The van der Waals surface area contributed by atoms with Gasteiger partial charge in [0.15, 0.2) is 11.5 Å². The van der Waals surface area contributed by atoms with Crippen LogP contribution in [0.25, 0.3) is 6.08 Å². The largest absolute Gasteiger partial charge is 0.490 e. The second-order valence-electron chi connectivity index (χ2n) is 7.47. The molecule has 1 heterocycles. The number of nitrogens with zero attached hydrogens (tertiary/aromatic N) is 1. The van der Waals surface area contributed by atoms with Crippen molar-refractivity contribution in [2.45, 2.75) is 6.92 Å². The molecule has 0 aliphatic carbocycles. The van der Waals surface area contributed by atoms with E-state index in [0.717, 1.165) is 4.90 Å². The number of hydrogen-bond acceptors (Lipinski definition) is 6. The average Bonchev–Trinajstić information content (AvgIpc) is 2.85. The molecular formula is C26H18Cl2N2O6. The molecular weight excluding hydrogens is 507 g/mol. The first-order chi connectivity index (χ1) is 17.3. The summed E-state index contributed by atoms with van der Waals surface area (Å²) < 4.78 is 11.1. The highest BCUT2D eigenvalue weighted by atomic mass is 35.5. The highest BCUT2D eigenvalue weighted by Crippen LogP contribution is 2.31. The number of rotatable bonds is 6. The molecule has 0 bridgehead atoms. The van der Waals surface area contributed by atoms with Crippen LogP contribution in [0, 0.1) is 0 Å². The van der Waals surface area contributed by atoms with Crippen molar-refractivity contribution in [3.05, 3.63) is 93.5 Å². The van der Waals surface area contributed by atoms with Gasteiger partial charge in [0, 0.05) is 10.0 Å². The Morgan fingerprint density at radius 2 is 1.56 bits per heavy atom. The Morgan fingerprint density at radius 1 is 0.917 bits per heavy atom. The molecule has 182 valence electrons. The lowest BCUT2D eigenvalue weighted by Gasteiger charge is -2.26. The van der Waals surface area contributed by atoms with E-state index in [1.54, 1.807) is 25.1 Å². The van der Waals surface area contributed by atoms with Crippen molar-refractivity contribution in [2.75, 3.05) is 11.5 Å². The van der Waals surface area contributed by atoms with Gasteiger partial charge in [0.2, 0.25) is 0 Å². The van der Waals surface area contributed by atoms with Crippen molar-refractivity contribution in [3.63, 3.8) is 0 Å². The van der Waals surface area contributed by atoms with Crippen LogP contribution in [-0.4, -0.2) is 30.4 Å². The van der Waals surface area contributed by atoms with Crippen molar-refractivity contribution in [1.29, 1.82) is 0 Å². The lowest BCUT2D eigenvalue weighted by molar-refractivity contribution is -0.122. The zero-order chi connectivity index (χ0) is 25.8. The van der Waals surface area contributed by atoms with E-state index in [2.05, 4.69) is 5.32 Å². The first kappa shape index (κ1) is 25.0. The minimum absolute atomic E-state index is 0.149. The van der Waals surface area contributed by atoms with E-state index in [4.69, 9.17) is 32.7 Å². The highest BCUT2D eigenvalue weighted by Gasteiger charge is 2.36. The van der Waals surface area contributed by atoms with E-state index < -0.39 is 23.8 Å². The maximum absolute atomic E-state index is 13.1. The van der Waals surface area contributed by atoms with Crippen molar-refractivity contribution >= 4 is 58.8 Å². The van der Waals surface area contributed by atoms with Crippen LogP contribution in [0.15, 0.2) is 72.3 Å². The van der Waals surface area contributed by atoms with Crippen LogP contribution >= 0.6 is 23.2 Å². The minimum Gasteiger partial charge on any atom is -0.490 e. The molecule has 4 rings (SSSR count). The number of imide groups is 2. The molecule has 0 saturated carbocycles. The zero-order valence-corrected chi connectivity index (χ0v) is 20.3. The minimum atomic E-state index is -0.871. The average molecular weight is 525 g/mol. The molecule has 3 aromatic carbocycles. The van der Waals surface area contributed by atoms with Crippen LogP contribution in [0.3, 0.4) is 0 Å². The fourth-order valence-electron chi connectivity index (χ4n) is 3.36. The van der Waals surface area contributed by atoms with E-state index in [-0.39, 0.29) is 29.4 Å². The quantitative estimate of drug-likeness (QED) is 0.204. The zero-order valence-electron chi connectivity index (χ0n) is 18.8. The number of hydrogen-bond donors (Lipinski definition) is 1. The van der Waals surface area contributed by atoms with Crippen molar-refractivity contribution in [2.24, 2.45) is 0 Å². The molecule has 4 amide bonds. The molecule has 1 aliphatic heterocycles. The van der Waals surface area contributed by atoms with E-state index >= 15 is 0 Å². The second kappa shape index (κ2) is 10.6. The summed E-state index contributed by atoms with van der Waals surface area (Å²) in [6, 6.07) is 15.9. The summed E-state index contributed by atoms with van der Waals surface area (Å²) in [7, 11) is 0. The fraction of sp³-hybridized carbons (Fsp3) is 0.0769. The number of nitrogens with one attached hydrogen (secondary N) is 1. The van der Waals surface area contributed by atoms with E-state index in [1.165, 1.54) is 54.6 Å². The molecule has 10 heteroatoms. The molecule has 1 fully saturated rings. The standard InChI is InChI=1S/C26H18Cl2N2O6/c1-2-35-22-14-15(3-12-21(22)36-25(33)16-4-6-17(27)7-5-16)13-20-23(31)29-26(34)30(24(20)32)19-10-8-18(28)9-11-19/h3-14H,2H2,1H3,(H,29,31,34)/b20-13+. The molecule has 0 atom stereocenters. The molecule has 3 aromatic rings. The third-order valence-electron chi connectivity index (χ3n) is 5.05. The van der Waals surface area contributed by atoms with Gasteiger partial charge in [-0.3, -0.25) is 14.9 Å². The summed E-state index contributed by atoms with van der Waals surface area (Å²) in [6.45, 7) is 2.02. The Balaban J connectivity index is 1.63. The van der Waals surface area contributed by atoms with Crippen LogP contribution < -0.4 is 19.7 Å². The fourth-order valence-corrected chi connectivity index (χ4v) is 3.61. The van der Waals surface area contributed by atoms with Crippen molar-refractivity contribution in [3.8, 4) is 11.5 Å².